The lowest BCUT2D eigenvalue weighted by molar-refractivity contribution is -0.134. The summed E-state index contributed by atoms with van der Waals surface area (Å²) < 4.78 is 0. The molecule has 0 aliphatic carbocycles. The zero-order valence-corrected chi connectivity index (χ0v) is 14.3. The zero-order valence-electron chi connectivity index (χ0n) is 14.3. The van der Waals surface area contributed by atoms with Gasteiger partial charge in [0.15, 0.2) is 0 Å². The van der Waals surface area contributed by atoms with Crippen LogP contribution in [0.4, 0.5) is 11.4 Å². The van der Waals surface area contributed by atoms with Crippen molar-refractivity contribution in [3.8, 4) is 0 Å². The first-order valence-corrected chi connectivity index (χ1v) is 7.89. The van der Waals surface area contributed by atoms with Crippen LogP contribution in [-0.2, 0) is 20.9 Å². The molecule has 0 aliphatic heterocycles. The van der Waals surface area contributed by atoms with Crippen LogP contribution in [0.1, 0.15) is 18.9 Å². The molecule has 2 aromatic rings. The van der Waals surface area contributed by atoms with Crippen LogP contribution in [0.2, 0.25) is 0 Å². The highest BCUT2D eigenvalue weighted by Crippen LogP contribution is 2.15. The number of nitrogens with one attached hydrogen (secondary N) is 2. The van der Waals surface area contributed by atoms with Gasteiger partial charge in [-0.25, -0.2) is 0 Å². The summed E-state index contributed by atoms with van der Waals surface area (Å²) in [6.07, 6.45) is -0.242. The van der Waals surface area contributed by atoms with E-state index in [1.54, 1.807) is 31.3 Å². The van der Waals surface area contributed by atoms with E-state index in [4.69, 9.17) is 0 Å². The number of rotatable bonds is 6. The van der Waals surface area contributed by atoms with Gasteiger partial charge in [-0.15, -0.1) is 0 Å². The molecule has 0 bridgehead atoms. The van der Waals surface area contributed by atoms with Crippen molar-refractivity contribution in [1.29, 1.82) is 0 Å². The fourth-order valence-electron chi connectivity index (χ4n) is 2.30. The van der Waals surface area contributed by atoms with Gasteiger partial charge in [-0.3, -0.25) is 14.4 Å². The Labute approximate surface area is 146 Å². The monoisotopic (exact) mass is 339 g/mol. The predicted molar refractivity (Wildman–Crippen MR) is 96.9 cm³/mol. The summed E-state index contributed by atoms with van der Waals surface area (Å²) in [5, 5.41) is 5.31. The van der Waals surface area contributed by atoms with Gasteiger partial charge in [0.05, 0.1) is 0 Å². The third-order valence-corrected chi connectivity index (χ3v) is 3.47. The Kier molecular flexibility index (Phi) is 6.28. The van der Waals surface area contributed by atoms with Crippen LogP contribution >= 0.6 is 0 Å². The SMILES string of the molecule is CC(=O)Nc1cccc(NC(=O)CC(=O)N(C)Cc2ccccc2)c1. The third kappa shape index (κ3) is 6.10. The highest BCUT2D eigenvalue weighted by Gasteiger charge is 2.14. The first-order chi connectivity index (χ1) is 11.9. The van der Waals surface area contributed by atoms with Crippen molar-refractivity contribution in [2.45, 2.75) is 19.9 Å². The fourth-order valence-corrected chi connectivity index (χ4v) is 2.30. The molecule has 6 nitrogen and oxygen atoms in total. The van der Waals surface area contributed by atoms with Gasteiger partial charge in [-0.1, -0.05) is 36.4 Å². The van der Waals surface area contributed by atoms with E-state index in [2.05, 4.69) is 10.6 Å². The molecule has 2 aromatic carbocycles. The number of anilines is 2. The minimum atomic E-state index is -0.398. The lowest BCUT2D eigenvalue weighted by Gasteiger charge is -2.17. The van der Waals surface area contributed by atoms with Crippen LogP contribution in [0, 0.1) is 0 Å². The van der Waals surface area contributed by atoms with Crippen LogP contribution in [0.5, 0.6) is 0 Å². The van der Waals surface area contributed by atoms with E-state index in [1.807, 2.05) is 30.3 Å². The lowest BCUT2D eigenvalue weighted by Crippen LogP contribution is -2.30. The Morgan fingerprint density at radius 3 is 2.20 bits per heavy atom. The van der Waals surface area contributed by atoms with E-state index in [0.717, 1.165) is 5.56 Å². The number of hydrogen-bond donors (Lipinski definition) is 2. The average molecular weight is 339 g/mol. The molecule has 0 saturated heterocycles. The molecule has 25 heavy (non-hydrogen) atoms. The van der Waals surface area contributed by atoms with Crippen molar-refractivity contribution < 1.29 is 14.4 Å². The maximum absolute atomic E-state index is 12.2. The van der Waals surface area contributed by atoms with E-state index >= 15 is 0 Å². The molecule has 0 radical (unpaired) electrons. The second kappa shape index (κ2) is 8.63. The number of hydrogen-bond acceptors (Lipinski definition) is 3. The smallest absolute Gasteiger partial charge is 0.233 e. The highest BCUT2D eigenvalue weighted by atomic mass is 16.2. The minimum absolute atomic E-state index is 0.193. The predicted octanol–water partition coefficient (Wildman–Crippen LogP) is 2.63. The molecule has 0 heterocycles. The van der Waals surface area contributed by atoms with Gasteiger partial charge in [-0.05, 0) is 23.8 Å². The molecule has 0 aliphatic rings. The Hall–Kier alpha value is -3.15. The standard InChI is InChI=1S/C19H21N3O3/c1-14(23)20-16-9-6-10-17(11-16)21-18(24)12-19(25)22(2)13-15-7-4-3-5-8-15/h3-11H,12-13H2,1-2H3,(H,20,23)(H,21,24). The lowest BCUT2D eigenvalue weighted by atomic mass is 10.2. The summed E-state index contributed by atoms with van der Waals surface area (Å²) in [5.41, 5.74) is 2.11. The van der Waals surface area contributed by atoms with E-state index in [1.165, 1.54) is 11.8 Å². The molecule has 130 valence electrons. The Balaban J connectivity index is 1.89. The number of carbonyl (C=O) groups is 3. The summed E-state index contributed by atoms with van der Waals surface area (Å²) >= 11 is 0. The highest BCUT2D eigenvalue weighted by molar-refractivity contribution is 6.03. The van der Waals surface area contributed by atoms with E-state index < -0.39 is 5.91 Å². The fraction of sp³-hybridized carbons (Fsp3) is 0.211. The van der Waals surface area contributed by atoms with Crippen molar-refractivity contribution in [2.24, 2.45) is 0 Å². The maximum Gasteiger partial charge on any atom is 0.233 e. The summed E-state index contributed by atoms with van der Waals surface area (Å²) in [7, 11) is 1.67. The Bertz CT molecular complexity index is 760. The second-order valence-corrected chi connectivity index (χ2v) is 5.72. The van der Waals surface area contributed by atoms with E-state index in [9.17, 15) is 14.4 Å². The quantitative estimate of drug-likeness (QED) is 0.794. The molecule has 0 saturated carbocycles. The van der Waals surface area contributed by atoms with Gasteiger partial charge in [0.2, 0.25) is 17.7 Å². The van der Waals surface area contributed by atoms with Crippen molar-refractivity contribution in [2.75, 3.05) is 17.7 Å². The van der Waals surface area contributed by atoms with Gasteiger partial charge >= 0.3 is 0 Å². The van der Waals surface area contributed by atoms with Gasteiger partial charge in [-0.2, -0.15) is 0 Å². The number of carbonyl (C=O) groups excluding carboxylic acids is 3. The Morgan fingerprint density at radius 2 is 1.56 bits per heavy atom. The van der Waals surface area contributed by atoms with Gasteiger partial charge < -0.3 is 15.5 Å². The molecular weight excluding hydrogens is 318 g/mol. The molecule has 0 fully saturated rings. The molecule has 0 atom stereocenters. The van der Waals surface area contributed by atoms with E-state index in [0.29, 0.717) is 17.9 Å². The molecule has 3 amide bonds. The number of benzene rings is 2. The van der Waals surface area contributed by atoms with E-state index in [-0.39, 0.29) is 18.2 Å². The van der Waals surface area contributed by atoms with Gasteiger partial charge in [0, 0.05) is 31.9 Å². The van der Waals surface area contributed by atoms with Gasteiger partial charge in [0.1, 0.15) is 6.42 Å². The average Bonchev–Trinajstić information content (AvgIpc) is 2.55. The molecule has 2 rings (SSSR count). The first-order valence-electron chi connectivity index (χ1n) is 7.89. The number of nitrogens with zero attached hydrogens (tertiary/aromatic N) is 1. The first kappa shape index (κ1) is 18.2. The second-order valence-electron chi connectivity index (χ2n) is 5.72. The van der Waals surface area contributed by atoms with Crippen molar-refractivity contribution >= 4 is 29.1 Å². The molecule has 0 unspecified atom stereocenters. The normalized spacial score (nSPS) is 10.0. The van der Waals surface area contributed by atoms with Crippen molar-refractivity contribution in [3.63, 3.8) is 0 Å². The van der Waals surface area contributed by atoms with Crippen LogP contribution in [0.3, 0.4) is 0 Å². The Morgan fingerprint density at radius 1 is 0.920 bits per heavy atom. The summed E-state index contributed by atoms with van der Waals surface area (Å²) in [4.78, 5) is 36.8. The largest absolute Gasteiger partial charge is 0.341 e. The van der Waals surface area contributed by atoms with Crippen LogP contribution in [0.15, 0.2) is 54.6 Å². The van der Waals surface area contributed by atoms with Crippen molar-refractivity contribution in [1.82, 2.24) is 4.90 Å². The van der Waals surface area contributed by atoms with Crippen LogP contribution in [0.25, 0.3) is 0 Å². The zero-order chi connectivity index (χ0) is 18.2. The summed E-state index contributed by atoms with van der Waals surface area (Å²) in [6, 6.07) is 16.3. The summed E-state index contributed by atoms with van der Waals surface area (Å²) in [6.45, 7) is 1.86. The van der Waals surface area contributed by atoms with Gasteiger partial charge in [0.25, 0.3) is 0 Å². The molecule has 6 heteroatoms. The van der Waals surface area contributed by atoms with Crippen LogP contribution in [-0.4, -0.2) is 29.7 Å². The van der Waals surface area contributed by atoms with Crippen molar-refractivity contribution in [3.05, 3.63) is 60.2 Å². The van der Waals surface area contributed by atoms with Crippen LogP contribution < -0.4 is 10.6 Å². The third-order valence-electron chi connectivity index (χ3n) is 3.47. The molecule has 0 aromatic heterocycles. The molecule has 2 N–H and O–H groups in total. The molecule has 0 spiro atoms. The summed E-state index contributed by atoms with van der Waals surface area (Å²) in [5.74, 6) is -0.856. The minimum Gasteiger partial charge on any atom is -0.341 e. The molecular formula is C19H21N3O3. The topological polar surface area (TPSA) is 78.5 Å². The maximum atomic E-state index is 12.2. The number of amides is 3.